The highest BCUT2D eigenvalue weighted by molar-refractivity contribution is 6.16. The van der Waals surface area contributed by atoms with Crippen LogP contribution in [0.1, 0.15) is 52.6 Å². The number of benzene rings is 2. The molecule has 7 nitrogen and oxygen atoms in total. The van der Waals surface area contributed by atoms with Gasteiger partial charge >= 0.3 is 17.9 Å². The number of carboxylic acid groups (broad SMARTS) is 3. The molecule has 0 aromatic heterocycles. The summed E-state index contributed by atoms with van der Waals surface area (Å²) in [7, 11) is 0. The lowest BCUT2D eigenvalue weighted by molar-refractivity contribution is 0.0648. The van der Waals surface area contributed by atoms with E-state index in [9.17, 15) is 24.3 Å². The molecule has 122 valence electrons. The molecule has 0 amide bonds. The SMILES string of the molecule is Cc1ccc(C(=O)c2cc(C(=O)O)c(C(=O)O)cc2C(=O)O)cc1. The highest BCUT2D eigenvalue weighted by Gasteiger charge is 2.25. The van der Waals surface area contributed by atoms with E-state index in [2.05, 4.69) is 0 Å². The molecule has 0 spiro atoms. The van der Waals surface area contributed by atoms with Gasteiger partial charge in [0.2, 0.25) is 0 Å². The molecule has 0 heterocycles. The quantitative estimate of drug-likeness (QED) is 0.718. The summed E-state index contributed by atoms with van der Waals surface area (Å²) in [6.45, 7) is 1.81. The van der Waals surface area contributed by atoms with E-state index in [1.165, 1.54) is 12.1 Å². The summed E-state index contributed by atoms with van der Waals surface area (Å²) in [4.78, 5) is 46.3. The van der Waals surface area contributed by atoms with Crippen molar-refractivity contribution in [3.8, 4) is 0 Å². The van der Waals surface area contributed by atoms with Gasteiger partial charge < -0.3 is 15.3 Å². The van der Waals surface area contributed by atoms with Gasteiger partial charge in [-0.15, -0.1) is 0 Å². The molecule has 2 aromatic rings. The Labute approximate surface area is 135 Å². The molecule has 7 heteroatoms. The van der Waals surface area contributed by atoms with Crippen molar-refractivity contribution in [2.75, 3.05) is 0 Å². The second kappa shape index (κ2) is 6.33. The molecule has 3 N–H and O–H groups in total. The molecule has 0 saturated heterocycles. The van der Waals surface area contributed by atoms with E-state index in [4.69, 9.17) is 10.2 Å². The van der Waals surface area contributed by atoms with Crippen LogP contribution < -0.4 is 0 Å². The first-order valence-corrected chi connectivity index (χ1v) is 6.71. The fourth-order valence-corrected chi connectivity index (χ4v) is 2.18. The average Bonchev–Trinajstić information content (AvgIpc) is 2.53. The van der Waals surface area contributed by atoms with Crippen molar-refractivity contribution in [2.24, 2.45) is 0 Å². The Bertz CT molecular complexity index is 863. The lowest BCUT2D eigenvalue weighted by atomic mass is 9.92. The molecule has 2 aromatic carbocycles. The zero-order valence-electron chi connectivity index (χ0n) is 12.4. The minimum absolute atomic E-state index is 0.169. The Morgan fingerprint density at radius 3 is 1.46 bits per heavy atom. The van der Waals surface area contributed by atoms with E-state index in [0.717, 1.165) is 11.6 Å². The summed E-state index contributed by atoms with van der Waals surface area (Å²) in [6, 6.07) is 7.74. The van der Waals surface area contributed by atoms with Gasteiger partial charge in [0.1, 0.15) is 0 Å². The van der Waals surface area contributed by atoms with Gasteiger partial charge in [0.05, 0.1) is 16.7 Å². The summed E-state index contributed by atoms with van der Waals surface area (Å²) < 4.78 is 0. The maximum Gasteiger partial charge on any atom is 0.336 e. The molecule has 0 unspecified atom stereocenters. The largest absolute Gasteiger partial charge is 0.478 e. The summed E-state index contributed by atoms with van der Waals surface area (Å²) >= 11 is 0. The molecule has 0 aliphatic heterocycles. The number of ketones is 1. The zero-order chi connectivity index (χ0) is 18.0. The lowest BCUT2D eigenvalue weighted by Gasteiger charge is -2.10. The van der Waals surface area contributed by atoms with Gasteiger partial charge in [0, 0.05) is 11.1 Å². The zero-order valence-corrected chi connectivity index (χ0v) is 12.4. The standard InChI is InChI=1S/C17H12O7/c1-8-2-4-9(5-3-8)14(18)10-6-12(16(21)22)13(17(23)24)7-11(10)15(19)20/h2-7H,1H3,(H,19,20)(H,21,22)(H,23,24). The van der Waals surface area contributed by atoms with Gasteiger partial charge in [-0.05, 0) is 19.1 Å². The van der Waals surface area contributed by atoms with Crippen LogP contribution in [0.3, 0.4) is 0 Å². The Hall–Kier alpha value is -3.48. The van der Waals surface area contributed by atoms with E-state index < -0.39 is 40.4 Å². The van der Waals surface area contributed by atoms with Crippen LogP contribution in [0.5, 0.6) is 0 Å². The summed E-state index contributed by atoms with van der Waals surface area (Å²) in [5.41, 5.74) is -1.24. The van der Waals surface area contributed by atoms with Crippen molar-refractivity contribution >= 4 is 23.7 Å². The molecule has 0 saturated carbocycles. The molecule has 0 atom stereocenters. The minimum atomic E-state index is -1.59. The molecule has 0 radical (unpaired) electrons. The fourth-order valence-electron chi connectivity index (χ4n) is 2.18. The van der Waals surface area contributed by atoms with Crippen molar-refractivity contribution < 1.29 is 34.5 Å². The number of carbonyl (C=O) groups is 4. The number of carbonyl (C=O) groups excluding carboxylic acids is 1. The first-order valence-electron chi connectivity index (χ1n) is 6.71. The predicted octanol–water partition coefficient (Wildman–Crippen LogP) is 2.32. The van der Waals surface area contributed by atoms with Crippen molar-refractivity contribution in [1.29, 1.82) is 0 Å². The van der Waals surface area contributed by atoms with Crippen molar-refractivity contribution in [3.63, 3.8) is 0 Å². The third-order valence-corrected chi connectivity index (χ3v) is 3.41. The van der Waals surface area contributed by atoms with Crippen molar-refractivity contribution in [2.45, 2.75) is 6.92 Å². The Balaban J connectivity index is 2.71. The third-order valence-electron chi connectivity index (χ3n) is 3.41. The van der Waals surface area contributed by atoms with Gasteiger partial charge in [-0.2, -0.15) is 0 Å². The van der Waals surface area contributed by atoms with Gasteiger partial charge in [0.25, 0.3) is 0 Å². The van der Waals surface area contributed by atoms with Gasteiger partial charge in [-0.3, -0.25) is 4.79 Å². The van der Waals surface area contributed by atoms with E-state index in [0.29, 0.717) is 6.07 Å². The minimum Gasteiger partial charge on any atom is -0.478 e. The van der Waals surface area contributed by atoms with Crippen molar-refractivity contribution in [3.05, 3.63) is 69.8 Å². The van der Waals surface area contributed by atoms with Crippen LogP contribution in [-0.4, -0.2) is 39.0 Å². The Kier molecular flexibility index (Phi) is 4.45. The number of aryl methyl sites for hydroxylation is 1. The summed E-state index contributed by atoms with van der Waals surface area (Å²) in [6.07, 6.45) is 0. The number of rotatable bonds is 5. The highest BCUT2D eigenvalue weighted by Crippen LogP contribution is 2.21. The summed E-state index contributed by atoms with van der Waals surface area (Å²) in [5, 5.41) is 27.4. The summed E-state index contributed by atoms with van der Waals surface area (Å²) in [5.74, 6) is -5.39. The highest BCUT2D eigenvalue weighted by atomic mass is 16.4. The molecule has 0 aliphatic rings. The predicted molar refractivity (Wildman–Crippen MR) is 81.9 cm³/mol. The molecular weight excluding hydrogens is 316 g/mol. The first kappa shape index (κ1) is 16.9. The monoisotopic (exact) mass is 328 g/mol. The van der Waals surface area contributed by atoms with Crippen LogP contribution in [0, 0.1) is 6.92 Å². The van der Waals surface area contributed by atoms with Gasteiger partial charge in [0.15, 0.2) is 5.78 Å². The van der Waals surface area contributed by atoms with Crippen LogP contribution in [0.15, 0.2) is 36.4 Å². The maximum atomic E-state index is 12.5. The van der Waals surface area contributed by atoms with Gasteiger partial charge in [-0.1, -0.05) is 29.8 Å². The topological polar surface area (TPSA) is 129 Å². The molecule has 0 bridgehead atoms. The normalized spacial score (nSPS) is 10.2. The number of hydrogen-bond donors (Lipinski definition) is 3. The number of hydrogen-bond acceptors (Lipinski definition) is 4. The van der Waals surface area contributed by atoms with E-state index in [1.54, 1.807) is 19.1 Å². The maximum absolute atomic E-state index is 12.5. The van der Waals surface area contributed by atoms with E-state index in [1.807, 2.05) is 0 Å². The van der Waals surface area contributed by atoms with Crippen LogP contribution in [-0.2, 0) is 0 Å². The third kappa shape index (κ3) is 3.14. The molecule has 0 fully saturated rings. The van der Waals surface area contributed by atoms with Gasteiger partial charge in [-0.25, -0.2) is 14.4 Å². The van der Waals surface area contributed by atoms with Crippen LogP contribution in [0.4, 0.5) is 0 Å². The second-order valence-electron chi connectivity index (χ2n) is 5.05. The number of carboxylic acids is 3. The average molecular weight is 328 g/mol. The Morgan fingerprint density at radius 2 is 1.04 bits per heavy atom. The van der Waals surface area contributed by atoms with Crippen LogP contribution >= 0.6 is 0 Å². The first-order chi connectivity index (χ1) is 11.2. The van der Waals surface area contributed by atoms with E-state index in [-0.39, 0.29) is 11.1 Å². The lowest BCUT2D eigenvalue weighted by Crippen LogP contribution is -2.16. The fraction of sp³-hybridized carbons (Fsp3) is 0.0588. The molecular formula is C17H12O7. The van der Waals surface area contributed by atoms with Crippen LogP contribution in [0.2, 0.25) is 0 Å². The van der Waals surface area contributed by atoms with Crippen molar-refractivity contribution in [1.82, 2.24) is 0 Å². The smallest absolute Gasteiger partial charge is 0.336 e. The molecule has 2 rings (SSSR count). The Morgan fingerprint density at radius 1 is 0.667 bits per heavy atom. The van der Waals surface area contributed by atoms with E-state index >= 15 is 0 Å². The molecule has 0 aliphatic carbocycles. The molecule has 24 heavy (non-hydrogen) atoms. The second-order valence-corrected chi connectivity index (χ2v) is 5.05. The number of aromatic carboxylic acids is 3. The van der Waals surface area contributed by atoms with Crippen LogP contribution in [0.25, 0.3) is 0 Å².